The van der Waals surface area contributed by atoms with Crippen molar-refractivity contribution in [2.45, 2.75) is 58.5 Å². The molecule has 0 atom stereocenters. The number of carboxylic acids is 1. The van der Waals surface area contributed by atoms with Crippen LogP contribution in [0.2, 0.25) is 0 Å². The number of carboxylic acid groups (broad SMARTS) is 1. The number of carbonyl (C=O) groups is 2. The summed E-state index contributed by atoms with van der Waals surface area (Å²) in [7, 11) is 0. The fourth-order valence-electron chi connectivity index (χ4n) is 3.03. The summed E-state index contributed by atoms with van der Waals surface area (Å²) in [6, 6.07) is 2.06. The maximum atomic E-state index is 12.4. The van der Waals surface area contributed by atoms with Gasteiger partial charge >= 0.3 is 5.97 Å². The summed E-state index contributed by atoms with van der Waals surface area (Å²) in [4.78, 5) is 24.9. The number of hydrogen-bond acceptors (Lipinski definition) is 3. The summed E-state index contributed by atoms with van der Waals surface area (Å²) in [6.45, 7) is 4.18. The fourth-order valence-corrected chi connectivity index (χ4v) is 3.03. The van der Waals surface area contributed by atoms with Gasteiger partial charge in [0.15, 0.2) is 0 Å². The van der Waals surface area contributed by atoms with Gasteiger partial charge in [0, 0.05) is 24.7 Å². The second-order valence-corrected chi connectivity index (χ2v) is 5.75. The molecule has 0 aromatic carbocycles. The molecule has 1 amide bonds. The minimum atomic E-state index is -0.943. The van der Waals surface area contributed by atoms with Gasteiger partial charge < -0.3 is 10.0 Å². The molecule has 2 rings (SSSR count). The van der Waals surface area contributed by atoms with E-state index in [4.69, 9.17) is 5.11 Å². The SMILES string of the molecule is Cc1cc(C)n(CCC(=O)N(CC(=O)O)C2CCCC2)n1. The van der Waals surface area contributed by atoms with Gasteiger partial charge in [0.2, 0.25) is 5.91 Å². The van der Waals surface area contributed by atoms with Gasteiger partial charge in [-0.15, -0.1) is 0 Å². The monoisotopic (exact) mass is 293 g/mol. The highest BCUT2D eigenvalue weighted by molar-refractivity contribution is 5.81. The van der Waals surface area contributed by atoms with Gasteiger partial charge in [-0.05, 0) is 32.8 Å². The zero-order valence-electron chi connectivity index (χ0n) is 12.7. The molecule has 0 spiro atoms. The molecule has 1 aromatic heterocycles. The maximum absolute atomic E-state index is 12.4. The molecule has 6 heteroatoms. The normalized spacial score (nSPS) is 15.3. The van der Waals surface area contributed by atoms with Crippen LogP contribution in [-0.4, -0.2) is 44.3 Å². The third-order valence-corrected chi connectivity index (χ3v) is 4.03. The van der Waals surface area contributed by atoms with Crippen LogP contribution in [0.1, 0.15) is 43.5 Å². The molecule has 1 aliphatic rings. The van der Waals surface area contributed by atoms with E-state index in [0.29, 0.717) is 13.0 Å². The average molecular weight is 293 g/mol. The molecule has 1 aliphatic carbocycles. The third kappa shape index (κ3) is 4.06. The molecule has 0 saturated heterocycles. The van der Waals surface area contributed by atoms with Gasteiger partial charge in [0.1, 0.15) is 6.54 Å². The number of aryl methyl sites for hydroxylation is 3. The van der Waals surface area contributed by atoms with Crippen LogP contribution in [0.3, 0.4) is 0 Å². The lowest BCUT2D eigenvalue weighted by molar-refractivity contribution is -0.146. The Bertz CT molecular complexity index is 518. The lowest BCUT2D eigenvalue weighted by Crippen LogP contribution is -2.42. The number of hydrogen-bond donors (Lipinski definition) is 1. The zero-order chi connectivity index (χ0) is 15.4. The Morgan fingerprint density at radius 3 is 2.57 bits per heavy atom. The van der Waals surface area contributed by atoms with E-state index in [0.717, 1.165) is 37.1 Å². The Morgan fingerprint density at radius 2 is 2.05 bits per heavy atom. The van der Waals surface area contributed by atoms with E-state index in [-0.39, 0.29) is 18.5 Å². The highest BCUT2D eigenvalue weighted by Gasteiger charge is 2.28. The van der Waals surface area contributed by atoms with Gasteiger partial charge in [-0.1, -0.05) is 12.8 Å². The number of aliphatic carboxylic acids is 1. The molecule has 1 aromatic rings. The van der Waals surface area contributed by atoms with Crippen LogP contribution in [0.5, 0.6) is 0 Å². The van der Waals surface area contributed by atoms with E-state index < -0.39 is 5.97 Å². The summed E-state index contributed by atoms with van der Waals surface area (Å²) in [5.41, 5.74) is 1.95. The van der Waals surface area contributed by atoms with Gasteiger partial charge in [-0.2, -0.15) is 5.10 Å². The Hall–Kier alpha value is -1.85. The van der Waals surface area contributed by atoms with Crippen LogP contribution in [0, 0.1) is 13.8 Å². The van der Waals surface area contributed by atoms with Gasteiger partial charge in [0.25, 0.3) is 0 Å². The van der Waals surface area contributed by atoms with E-state index in [2.05, 4.69) is 5.10 Å². The molecule has 0 aliphatic heterocycles. The topological polar surface area (TPSA) is 75.4 Å². The second-order valence-electron chi connectivity index (χ2n) is 5.75. The van der Waals surface area contributed by atoms with Crippen molar-refractivity contribution in [3.05, 3.63) is 17.5 Å². The first-order chi connectivity index (χ1) is 9.97. The van der Waals surface area contributed by atoms with Crippen LogP contribution >= 0.6 is 0 Å². The second kappa shape index (κ2) is 6.74. The molecule has 1 saturated carbocycles. The lowest BCUT2D eigenvalue weighted by atomic mass is 10.2. The maximum Gasteiger partial charge on any atom is 0.323 e. The number of nitrogens with zero attached hydrogens (tertiary/aromatic N) is 3. The first-order valence-electron chi connectivity index (χ1n) is 7.49. The van der Waals surface area contributed by atoms with Gasteiger partial charge in [-0.3, -0.25) is 14.3 Å². The quantitative estimate of drug-likeness (QED) is 0.867. The van der Waals surface area contributed by atoms with E-state index in [1.807, 2.05) is 19.9 Å². The lowest BCUT2D eigenvalue weighted by Gasteiger charge is -2.27. The highest BCUT2D eigenvalue weighted by atomic mass is 16.4. The van der Waals surface area contributed by atoms with Crippen molar-refractivity contribution in [2.75, 3.05) is 6.54 Å². The minimum absolute atomic E-state index is 0.0862. The Balaban J connectivity index is 1.97. The standard InChI is InChI=1S/C15H23N3O3/c1-11-9-12(2)18(16-11)8-7-14(19)17(10-15(20)21)13-5-3-4-6-13/h9,13H,3-8,10H2,1-2H3,(H,20,21). The molecular weight excluding hydrogens is 270 g/mol. The molecule has 21 heavy (non-hydrogen) atoms. The van der Waals surface area contributed by atoms with Crippen LogP contribution in [0.25, 0.3) is 0 Å². The minimum Gasteiger partial charge on any atom is -0.480 e. The Morgan fingerprint density at radius 1 is 1.38 bits per heavy atom. The fraction of sp³-hybridized carbons (Fsp3) is 0.667. The predicted octanol–water partition coefficient (Wildman–Crippen LogP) is 1.75. The summed E-state index contributed by atoms with van der Waals surface area (Å²) in [5, 5.41) is 13.3. The highest BCUT2D eigenvalue weighted by Crippen LogP contribution is 2.24. The van der Waals surface area contributed by atoms with Crippen molar-refractivity contribution >= 4 is 11.9 Å². The predicted molar refractivity (Wildman–Crippen MR) is 77.9 cm³/mol. The van der Waals surface area contributed by atoms with Crippen LogP contribution in [0.4, 0.5) is 0 Å². The molecule has 0 bridgehead atoms. The van der Waals surface area contributed by atoms with Crippen molar-refractivity contribution in [3.63, 3.8) is 0 Å². The Kier molecular flexibility index (Phi) is 4.98. The summed E-state index contributed by atoms with van der Waals surface area (Å²) in [6.07, 6.45) is 4.28. The van der Waals surface area contributed by atoms with Crippen LogP contribution in [0.15, 0.2) is 6.07 Å². The smallest absolute Gasteiger partial charge is 0.323 e. The zero-order valence-corrected chi connectivity index (χ0v) is 12.7. The molecule has 1 fully saturated rings. The van der Waals surface area contributed by atoms with Crippen molar-refractivity contribution in [1.82, 2.24) is 14.7 Å². The van der Waals surface area contributed by atoms with Gasteiger partial charge in [0.05, 0.1) is 5.69 Å². The molecule has 0 radical (unpaired) electrons. The summed E-state index contributed by atoms with van der Waals surface area (Å²) >= 11 is 0. The molecule has 0 unspecified atom stereocenters. The number of amides is 1. The van der Waals surface area contributed by atoms with E-state index >= 15 is 0 Å². The molecule has 1 heterocycles. The summed E-state index contributed by atoms with van der Waals surface area (Å²) in [5.74, 6) is -1.03. The van der Waals surface area contributed by atoms with Gasteiger partial charge in [-0.25, -0.2) is 0 Å². The average Bonchev–Trinajstić information content (AvgIpc) is 3.03. The van der Waals surface area contributed by atoms with E-state index in [9.17, 15) is 9.59 Å². The van der Waals surface area contributed by atoms with Crippen molar-refractivity contribution in [2.24, 2.45) is 0 Å². The van der Waals surface area contributed by atoms with Crippen LogP contribution in [-0.2, 0) is 16.1 Å². The van der Waals surface area contributed by atoms with E-state index in [1.54, 1.807) is 9.58 Å². The van der Waals surface area contributed by atoms with Crippen LogP contribution < -0.4 is 0 Å². The first kappa shape index (κ1) is 15.5. The number of aromatic nitrogens is 2. The van der Waals surface area contributed by atoms with Crippen molar-refractivity contribution in [3.8, 4) is 0 Å². The largest absolute Gasteiger partial charge is 0.480 e. The molecular formula is C15H23N3O3. The number of carbonyl (C=O) groups excluding carboxylic acids is 1. The molecule has 1 N–H and O–H groups in total. The number of rotatable bonds is 6. The summed E-state index contributed by atoms with van der Waals surface area (Å²) < 4.78 is 1.81. The van der Waals surface area contributed by atoms with E-state index in [1.165, 1.54) is 0 Å². The third-order valence-electron chi connectivity index (χ3n) is 4.03. The molecule has 6 nitrogen and oxygen atoms in total. The first-order valence-corrected chi connectivity index (χ1v) is 7.49. The van der Waals surface area contributed by atoms with Crippen molar-refractivity contribution < 1.29 is 14.7 Å². The molecule has 116 valence electrons. The Labute approximate surface area is 124 Å². The van der Waals surface area contributed by atoms with Crippen molar-refractivity contribution in [1.29, 1.82) is 0 Å².